The number of nitrogens with zero attached hydrogens (tertiary/aromatic N) is 3. The van der Waals surface area contributed by atoms with Crippen LogP contribution in [0, 0.1) is 0 Å². The molecule has 0 atom stereocenters. The second kappa shape index (κ2) is 5.31. The van der Waals surface area contributed by atoms with Crippen LogP contribution in [0.25, 0.3) is 11.3 Å². The van der Waals surface area contributed by atoms with E-state index in [0.29, 0.717) is 10.8 Å². The number of amides is 1. The molecule has 2 aromatic heterocycles. The summed E-state index contributed by atoms with van der Waals surface area (Å²) in [5.41, 5.74) is 3.88. The van der Waals surface area contributed by atoms with Gasteiger partial charge < -0.3 is 0 Å². The molecule has 0 spiro atoms. The second-order valence-electron chi connectivity index (χ2n) is 5.85. The monoisotopic (exact) mass is 324 g/mol. The van der Waals surface area contributed by atoms with E-state index in [9.17, 15) is 4.79 Å². The molecule has 1 amide bonds. The Labute approximate surface area is 138 Å². The van der Waals surface area contributed by atoms with Crippen molar-refractivity contribution in [2.45, 2.75) is 26.3 Å². The van der Waals surface area contributed by atoms with Crippen LogP contribution in [0.2, 0.25) is 0 Å². The highest BCUT2D eigenvalue weighted by atomic mass is 32.1. The van der Waals surface area contributed by atoms with Gasteiger partial charge in [0.2, 0.25) is 0 Å². The fourth-order valence-electron chi connectivity index (χ4n) is 2.72. The third-order valence-electron chi connectivity index (χ3n) is 3.91. The molecule has 23 heavy (non-hydrogen) atoms. The van der Waals surface area contributed by atoms with Gasteiger partial charge >= 0.3 is 0 Å². The van der Waals surface area contributed by atoms with E-state index in [1.54, 1.807) is 10.7 Å². The molecule has 3 aromatic rings. The van der Waals surface area contributed by atoms with Crippen molar-refractivity contribution in [3.8, 4) is 11.3 Å². The molecular formula is C17H16N4OS. The number of anilines is 1. The molecule has 0 saturated heterocycles. The Morgan fingerprint density at radius 2 is 2.13 bits per heavy atom. The van der Waals surface area contributed by atoms with E-state index in [0.717, 1.165) is 12.1 Å². The molecular weight excluding hydrogens is 308 g/mol. The summed E-state index contributed by atoms with van der Waals surface area (Å²) >= 11 is 1.54. The maximum atomic E-state index is 12.3. The minimum absolute atomic E-state index is 0.217. The number of carbonyl (C=O) groups is 1. The Morgan fingerprint density at radius 3 is 2.91 bits per heavy atom. The van der Waals surface area contributed by atoms with Crippen molar-refractivity contribution in [3.05, 3.63) is 52.7 Å². The first kappa shape index (κ1) is 14.1. The van der Waals surface area contributed by atoms with Crippen LogP contribution in [0.5, 0.6) is 0 Å². The van der Waals surface area contributed by atoms with Gasteiger partial charge in [0.25, 0.3) is 5.91 Å². The number of hydrogen-bond acceptors (Lipinski definition) is 4. The third-order valence-corrected chi connectivity index (χ3v) is 4.88. The third kappa shape index (κ3) is 2.45. The number of fused-ring (bicyclic) bond motifs is 3. The second-order valence-corrected chi connectivity index (χ2v) is 6.94. The van der Waals surface area contributed by atoms with Crippen molar-refractivity contribution in [1.82, 2.24) is 14.8 Å². The zero-order valence-corrected chi connectivity index (χ0v) is 13.7. The van der Waals surface area contributed by atoms with E-state index in [1.807, 2.05) is 32.2 Å². The Hall–Kier alpha value is -2.47. The van der Waals surface area contributed by atoms with E-state index in [2.05, 4.69) is 27.5 Å². The number of nitrogens with one attached hydrogen (secondary N) is 1. The zero-order valence-electron chi connectivity index (χ0n) is 12.9. The smallest absolute Gasteiger partial charge is 0.277 e. The van der Waals surface area contributed by atoms with Gasteiger partial charge in [-0.3, -0.25) is 14.8 Å². The van der Waals surface area contributed by atoms with Gasteiger partial charge in [0.05, 0.1) is 5.69 Å². The number of benzene rings is 1. The predicted octanol–water partition coefficient (Wildman–Crippen LogP) is 3.74. The number of aromatic nitrogens is 3. The van der Waals surface area contributed by atoms with Crippen LogP contribution < -0.4 is 5.32 Å². The van der Waals surface area contributed by atoms with Gasteiger partial charge in [-0.25, -0.2) is 4.98 Å². The summed E-state index contributed by atoms with van der Waals surface area (Å²) in [6, 6.07) is 10.2. The van der Waals surface area contributed by atoms with Crippen LogP contribution in [0.1, 0.15) is 40.8 Å². The summed E-state index contributed by atoms with van der Waals surface area (Å²) in [6.45, 7) is 4.05. The van der Waals surface area contributed by atoms with Crippen molar-refractivity contribution < 1.29 is 4.79 Å². The molecule has 4 rings (SSSR count). The normalized spacial score (nSPS) is 12.3. The standard InChI is InChI=1S/C17H16N4OS/c1-10(2)21-8-7-13(20-21)16(22)19-17-18-15-12-6-4-3-5-11(12)9-14(15)23-17/h3-8,10H,9H2,1-2H3,(H,18,19,22). The Balaban J connectivity index is 1.56. The molecule has 5 nitrogen and oxygen atoms in total. The maximum Gasteiger partial charge on any atom is 0.277 e. The Morgan fingerprint density at radius 1 is 1.30 bits per heavy atom. The molecule has 0 unspecified atom stereocenters. The fraction of sp³-hybridized carbons (Fsp3) is 0.235. The van der Waals surface area contributed by atoms with Crippen LogP contribution in [-0.4, -0.2) is 20.7 Å². The number of carbonyl (C=O) groups excluding carboxylic acids is 1. The van der Waals surface area contributed by atoms with Crippen LogP contribution in [0.15, 0.2) is 36.5 Å². The van der Waals surface area contributed by atoms with Gasteiger partial charge in [-0.1, -0.05) is 24.3 Å². The lowest BCUT2D eigenvalue weighted by Crippen LogP contribution is -2.13. The number of rotatable bonds is 3. The molecule has 6 heteroatoms. The lowest BCUT2D eigenvalue weighted by molar-refractivity contribution is 0.102. The van der Waals surface area contributed by atoms with E-state index < -0.39 is 0 Å². The minimum atomic E-state index is -0.217. The number of hydrogen-bond donors (Lipinski definition) is 1. The van der Waals surface area contributed by atoms with Crippen LogP contribution >= 0.6 is 11.3 Å². The van der Waals surface area contributed by atoms with Crippen molar-refractivity contribution >= 4 is 22.4 Å². The van der Waals surface area contributed by atoms with E-state index in [-0.39, 0.29) is 11.9 Å². The van der Waals surface area contributed by atoms with Gasteiger partial charge in [-0.05, 0) is 25.5 Å². The molecule has 1 aromatic carbocycles. The Bertz CT molecular complexity index is 894. The summed E-state index contributed by atoms with van der Waals surface area (Å²) in [5, 5.41) is 7.78. The van der Waals surface area contributed by atoms with Gasteiger partial charge in [0.1, 0.15) is 0 Å². The van der Waals surface area contributed by atoms with Gasteiger partial charge in [-0.2, -0.15) is 5.10 Å². The van der Waals surface area contributed by atoms with Crippen LogP contribution in [0.4, 0.5) is 5.13 Å². The highest BCUT2D eigenvalue weighted by Crippen LogP contribution is 2.40. The average Bonchev–Trinajstić information content (AvgIpc) is 3.20. The highest BCUT2D eigenvalue weighted by molar-refractivity contribution is 7.16. The summed E-state index contributed by atoms with van der Waals surface area (Å²) < 4.78 is 1.77. The van der Waals surface area contributed by atoms with Gasteiger partial charge in [0, 0.05) is 29.1 Å². The first-order valence-electron chi connectivity index (χ1n) is 7.56. The van der Waals surface area contributed by atoms with Crippen molar-refractivity contribution in [1.29, 1.82) is 0 Å². The molecule has 116 valence electrons. The molecule has 1 N–H and O–H groups in total. The average molecular weight is 324 g/mol. The van der Waals surface area contributed by atoms with Gasteiger partial charge in [0.15, 0.2) is 10.8 Å². The molecule has 0 saturated carbocycles. The fourth-order valence-corrected chi connectivity index (χ4v) is 3.72. The summed E-state index contributed by atoms with van der Waals surface area (Å²) in [5.74, 6) is -0.217. The molecule has 0 fully saturated rings. The maximum absolute atomic E-state index is 12.3. The zero-order chi connectivity index (χ0) is 16.0. The first-order valence-corrected chi connectivity index (χ1v) is 8.38. The molecule has 1 aliphatic rings. The SMILES string of the molecule is CC(C)n1ccc(C(=O)Nc2nc3c(s2)Cc2ccccc2-3)n1. The van der Waals surface area contributed by atoms with Crippen molar-refractivity contribution in [3.63, 3.8) is 0 Å². The number of thiazole rings is 1. The van der Waals surface area contributed by atoms with Crippen LogP contribution in [0.3, 0.4) is 0 Å². The summed E-state index contributed by atoms with van der Waals surface area (Å²) in [7, 11) is 0. The van der Waals surface area contributed by atoms with E-state index in [1.165, 1.54) is 27.3 Å². The quantitative estimate of drug-likeness (QED) is 0.624. The lowest BCUT2D eigenvalue weighted by atomic mass is 10.1. The lowest BCUT2D eigenvalue weighted by Gasteiger charge is -2.03. The summed E-state index contributed by atoms with van der Waals surface area (Å²) in [6.07, 6.45) is 2.71. The largest absolute Gasteiger partial charge is 0.296 e. The molecule has 0 radical (unpaired) electrons. The van der Waals surface area contributed by atoms with E-state index in [4.69, 9.17) is 0 Å². The first-order chi connectivity index (χ1) is 11.1. The van der Waals surface area contributed by atoms with E-state index >= 15 is 0 Å². The molecule has 0 bridgehead atoms. The molecule has 1 aliphatic carbocycles. The topological polar surface area (TPSA) is 59.8 Å². The summed E-state index contributed by atoms with van der Waals surface area (Å²) in [4.78, 5) is 18.1. The molecule has 2 heterocycles. The van der Waals surface area contributed by atoms with Gasteiger partial charge in [-0.15, -0.1) is 11.3 Å². The molecule has 0 aliphatic heterocycles. The van der Waals surface area contributed by atoms with Crippen molar-refractivity contribution in [2.75, 3.05) is 5.32 Å². The van der Waals surface area contributed by atoms with Crippen LogP contribution in [-0.2, 0) is 6.42 Å². The highest BCUT2D eigenvalue weighted by Gasteiger charge is 2.23. The van der Waals surface area contributed by atoms with Crippen molar-refractivity contribution in [2.24, 2.45) is 0 Å². The Kier molecular flexibility index (Phi) is 3.27. The minimum Gasteiger partial charge on any atom is -0.296 e. The predicted molar refractivity (Wildman–Crippen MR) is 90.9 cm³/mol.